The Balaban J connectivity index is 1.43. The number of aliphatic hydroxyl groups excluding tert-OH is 4. The second kappa shape index (κ2) is 12.3. The van der Waals surface area contributed by atoms with E-state index in [0.717, 1.165) is 18.4 Å². The maximum Gasteiger partial charge on any atom is 0.240 e. The Morgan fingerprint density at radius 2 is 1.94 bits per heavy atom. The zero-order valence-electron chi connectivity index (χ0n) is 20.5. The molecule has 3 saturated heterocycles. The molecule has 0 saturated carbocycles. The van der Waals surface area contributed by atoms with Gasteiger partial charge in [-0.05, 0) is 43.1 Å². The van der Waals surface area contributed by atoms with E-state index in [9.17, 15) is 25.2 Å². The normalized spacial score (nSPS) is 38.6. The van der Waals surface area contributed by atoms with Crippen molar-refractivity contribution >= 4 is 29.3 Å². The number of fused-ring (bicyclic) bond motifs is 1. The minimum absolute atomic E-state index is 0.0157. The maximum absolute atomic E-state index is 13.4. The Morgan fingerprint density at radius 1 is 1.22 bits per heavy atom. The number of rotatable bonds is 7. The monoisotopic (exact) mass is 544 g/mol. The Morgan fingerprint density at radius 3 is 2.58 bits per heavy atom. The van der Waals surface area contributed by atoms with Crippen molar-refractivity contribution in [2.45, 2.75) is 85.7 Å². The molecular weight excluding hydrogens is 508 g/mol. The highest BCUT2D eigenvalue weighted by molar-refractivity contribution is 7.99. The predicted octanol–water partition coefficient (Wildman–Crippen LogP) is 0.312. The quantitative estimate of drug-likeness (QED) is 0.268. The largest absolute Gasteiger partial charge is 0.392 e. The van der Waals surface area contributed by atoms with E-state index in [0.29, 0.717) is 19.1 Å². The summed E-state index contributed by atoms with van der Waals surface area (Å²) in [6.45, 7) is 2.87. The fourth-order valence-electron chi connectivity index (χ4n) is 5.58. The lowest BCUT2D eigenvalue weighted by molar-refractivity contribution is -0.205. The molecular formula is C25H37ClN2O7S. The van der Waals surface area contributed by atoms with E-state index >= 15 is 0 Å². The molecule has 11 atom stereocenters. The third-order valence-corrected chi connectivity index (χ3v) is 8.80. The van der Waals surface area contributed by atoms with Gasteiger partial charge in [0.2, 0.25) is 5.91 Å². The fraction of sp³-hybridized carbons (Fsp3) is 0.720. The maximum atomic E-state index is 13.4. The number of amides is 1. The minimum Gasteiger partial charge on any atom is -0.392 e. The molecule has 1 aromatic carbocycles. The third-order valence-electron chi connectivity index (χ3n) is 7.67. The van der Waals surface area contributed by atoms with Crippen molar-refractivity contribution in [3.63, 3.8) is 0 Å². The summed E-state index contributed by atoms with van der Waals surface area (Å²) in [4.78, 5) is 13.4. The molecule has 6 N–H and O–H groups in total. The van der Waals surface area contributed by atoms with Crippen molar-refractivity contribution in [3.8, 4) is 0 Å². The van der Waals surface area contributed by atoms with E-state index in [2.05, 4.69) is 22.8 Å². The Hall–Kier alpha value is -0.950. The van der Waals surface area contributed by atoms with Crippen LogP contribution in [0.25, 0.3) is 0 Å². The molecule has 3 aliphatic rings. The lowest BCUT2D eigenvalue weighted by Crippen LogP contribution is -2.65. The number of halogens is 1. The number of hydrogen-bond donors (Lipinski definition) is 6. The van der Waals surface area contributed by atoms with Crippen molar-refractivity contribution in [2.24, 2.45) is 5.92 Å². The predicted molar refractivity (Wildman–Crippen MR) is 137 cm³/mol. The number of hydrogen-bond acceptors (Lipinski definition) is 9. The number of carbonyl (C=O) groups excluding carboxylic acids is 1. The van der Waals surface area contributed by atoms with Gasteiger partial charge in [-0.15, -0.1) is 23.4 Å². The molecule has 4 rings (SSSR count). The smallest absolute Gasteiger partial charge is 0.240 e. The molecule has 3 unspecified atom stereocenters. The molecule has 11 heteroatoms. The van der Waals surface area contributed by atoms with E-state index in [1.165, 1.54) is 17.3 Å². The lowest BCUT2D eigenvalue weighted by Gasteiger charge is -2.44. The highest BCUT2D eigenvalue weighted by atomic mass is 35.5. The van der Waals surface area contributed by atoms with Gasteiger partial charge in [0, 0.05) is 19.1 Å². The van der Waals surface area contributed by atoms with Crippen LogP contribution in [-0.2, 0) is 20.9 Å². The topological polar surface area (TPSA) is 141 Å². The summed E-state index contributed by atoms with van der Waals surface area (Å²) in [5.41, 5.74) is 1.32. The van der Waals surface area contributed by atoms with Crippen molar-refractivity contribution < 1.29 is 34.7 Å². The van der Waals surface area contributed by atoms with Crippen LogP contribution in [0.2, 0.25) is 0 Å². The molecule has 0 bridgehead atoms. The van der Waals surface area contributed by atoms with Gasteiger partial charge >= 0.3 is 0 Å². The first-order chi connectivity index (χ1) is 17.2. The van der Waals surface area contributed by atoms with Gasteiger partial charge in [0.15, 0.2) is 0 Å². The second-order valence-electron chi connectivity index (χ2n) is 9.99. The molecule has 36 heavy (non-hydrogen) atoms. The van der Waals surface area contributed by atoms with Gasteiger partial charge in [-0.3, -0.25) is 4.79 Å². The van der Waals surface area contributed by atoms with Crippen molar-refractivity contribution in [1.29, 1.82) is 0 Å². The summed E-state index contributed by atoms with van der Waals surface area (Å²) in [5.74, 6) is 0.143. The van der Waals surface area contributed by atoms with Gasteiger partial charge in [0.05, 0.1) is 24.1 Å². The highest BCUT2D eigenvalue weighted by Crippen LogP contribution is 2.36. The molecule has 9 nitrogen and oxygen atoms in total. The second-order valence-corrected chi connectivity index (χ2v) is 11.6. The minimum atomic E-state index is -1.42. The van der Waals surface area contributed by atoms with E-state index in [1.807, 2.05) is 12.1 Å². The highest BCUT2D eigenvalue weighted by Gasteiger charge is 2.49. The van der Waals surface area contributed by atoms with Crippen molar-refractivity contribution in [3.05, 3.63) is 35.4 Å². The first kappa shape index (κ1) is 28.1. The number of aliphatic hydroxyl groups is 4. The summed E-state index contributed by atoms with van der Waals surface area (Å²) in [6, 6.07) is 6.60. The third kappa shape index (κ3) is 5.87. The number of ether oxygens (including phenoxy) is 2. The first-order valence-electron chi connectivity index (χ1n) is 12.5. The SMILES string of the molecule is CSC1O[C@H]([C@H](NC(=O)[C@H]2NC[C@@H]3CC(c4ccc(CO)cc4)CCO[C@H]32)[C@H](C)Cl)C(O)[C@@H](O)[C@H]1O. The van der Waals surface area contributed by atoms with Crippen LogP contribution < -0.4 is 10.6 Å². The molecule has 0 spiro atoms. The van der Waals surface area contributed by atoms with Crippen LogP contribution in [0.15, 0.2) is 24.3 Å². The van der Waals surface area contributed by atoms with Crippen LogP contribution in [-0.4, -0.2) is 99.2 Å². The van der Waals surface area contributed by atoms with Gasteiger partial charge in [-0.2, -0.15) is 0 Å². The van der Waals surface area contributed by atoms with Crippen LogP contribution in [0.5, 0.6) is 0 Å². The van der Waals surface area contributed by atoms with Crippen molar-refractivity contribution in [2.75, 3.05) is 19.4 Å². The summed E-state index contributed by atoms with van der Waals surface area (Å²) in [5, 5.41) is 46.0. The summed E-state index contributed by atoms with van der Waals surface area (Å²) < 4.78 is 12.0. The van der Waals surface area contributed by atoms with Crippen molar-refractivity contribution in [1.82, 2.24) is 10.6 Å². The summed E-state index contributed by atoms with van der Waals surface area (Å²) in [7, 11) is 0. The number of alkyl halides is 1. The van der Waals surface area contributed by atoms with E-state index in [-0.39, 0.29) is 24.5 Å². The molecule has 202 valence electrons. The molecule has 3 heterocycles. The van der Waals surface area contributed by atoms with E-state index < -0.39 is 47.3 Å². The van der Waals surface area contributed by atoms with Crippen LogP contribution in [0.3, 0.4) is 0 Å². The Bertz CT molecular complexity index is 876. The molecule has 3 fully saturated rings. The van der Waals surface area contributed by atoms with Gasteiger partial charge < -0.3 is 40.5 Å². The average molecular weight is 545 g/mol. The average Bonchev–Trinajstić information content (AvgIpc) is 3.16. The molecule has 0 aromatic heterocycles. The lowest BCUT2D eigenvalue weighted by atomic mass is 9.85. The van der Waals surface area contributed by atoms with E-state index in [1.54, 1.807) is 13.2 Å². The molecule has 0 radical (unpaired) electrons. The Labute approximate surface area is 220 Å². The number of benzene rings is 1. The van der Waals surface area contributed by atoms with Crippen LogP contribution in [0.1, 0.15) is 36.8 Å². The summed E-state index contributed by atoms with van der Waals surface area (Å²) in [6.07, 6.45) is -1.92. The zero-order chi connectivity index (χ0) is 26.0. The number of thioether (sulfide) groups is 1. The molecule has 1 aromatic rings. The first-order valence-corrected chi connectivity index (χ1v) is 14.2. The van der Waals surface area contributed by atoms with Crippen LogP contribution in [0.4, 0.5) is 0 Å². The van der Waals surface area contributed by atoms with Gasteiger partial charge in [0.25, 0.3) is 0 Å². The molecule has 1 amide bonds. The number of carbonyl (C=O) groups is 1. The zero-order valence-corrected chi connectivity index (χ0v) is 22.1. The fourth-order valence-corrected chi connectivity index (χ4v) is 6.47. The van der Waals surface area contributed by atoms with Gasteiger partial charge in [-0.1, -0.05) is 24.3 Å². The Kier molecular flexibility index (Phi) is 9.57. The van der Waals surface area contributed by atoms with Gasteiger partial charge in [-0.25, -0.2) is 0 Å². The van der Waals surface area contributed by atoms with E-state index in [4.69, 9.17) is 21.1 Å². The standard InChI is InChI=1S/C25H37ClN2O7S/c1-12(26)17(23-20(31)19(30)21(32)25(35-23)36-2)28-24(33)18-22-16(10-27-18)9-15(7-8-34-22)14-5-3-13(11-29)4-6-14/h3-6,12,15-23,25,27,29-32H,7-11H2,1-2H3,(H,28,33)/t12-,15?,16-,17+,18-,19+,20?,21+,22+,23+,25?/m0/s1. The number of nitrogens with one attached hydrogen (secondary N) is 2. The molecule has 0 aliphatic carbocycles. The van der Waals surface area contributed by atoms with Crippen LogP contribution in [0, 0.1) is 5.92 Å². The summed E-state index contributed by atoms with van der Waals surface area (Å²) >= 11 is 7.63. The molecule has 3 aliphatic heterocycles. The van der Waals surface area contributed by atoms with Crippen LogP contribution >= 0.6 is 23.4 Å². The van der Waals surface area contributed by atoms with Gasteiger partial charge in [0.1, 0.15) is 35.9 Å².